The molecule has 2 bridgehead atoms. The average Bonchev–Trinajstić information content (AvgIpc) is 3.42. The summed E-state index contributed by atoms with van der Waals surface area (Å²) >= 11 is 0. The zero-order valence-electron chi connectivity index (χ0n) is 19.5. The van der Waals surface area contributed by atoms with Crippen molar-refractivity contribution in [1.82, 2.24) is 14.9 Å². The molecule has 2 aliphatic carbocycles. The minimum Gasteiger partial charge on any atom is -0.347 e. The Labute approximate surface area is 197 Å². The van der Waals surface area contributed by atoms with Crippen LogP contribution in [0.2, 0.25) is 0 Å². The maximum absolute atomic E-state index is 13.6. The van der Waals surface area contributed by atoms with Crippen LogP contribution in [-0.4, -0.2) is 21.5 Å². The number of nitrogens with one attached hydrogen (secondary N) is 1. The highest BCUT2D eigenvalue weighted by Crippen LogP contribution is 2.65. The van der Waals surface area contributed by atoms with E-state index in [0.717, 1.165) is 18.9 Å². The number of amides is 1. The summed E-state index contributed by atoms with van der Waals surface area (Å²) in [6.07, 6.45) is 1.82. The van der Waals surface area contributed by atoms with Gasteiger partial charge in [0, 0.05) is 11.7 Å². The Kier molecular flexibility index (Phi) is 5.15. The first-order valence-corrected chi connectivity index (χ1v) is 11.6. The third-order valence-electron chi connectivity index (χ3n) is 8.64. The molecule has 0 saturated heterocycles. The van der Waals surface area contributed by atoms with Gasteiger partial charge in [-0.15, -0.1) is 0 Å². The summed E-state index contributed by atoms with van der Waals surface area (Å²) in [5, 5.41) is 3.25. The lowest BCUT2D eigenvalue weighted by atomic mass is 9.69. The number of carbonyl (C=O) groups excluding carboxylic acids is 1. The molecule has 7 heteroatoms. The number of halogens is 3. The lowest BCUT2D eigenvalue weighted by Crippen LogP contribution is -2.47. The van der Waals surface area contributed by atoms with E-state index in [0.29, 0.717) is 22.9 Å². The van der Waals surface area contributed by atoms with Crippen molar-refractivity contribution in [2.24, 2.45) is 16.7 Å². The van der Waals surface area contributed by atoms with E-state index in [1.54, 1.807) is 34.9 Å². The van der Waals surface area contributed by atoms with Gasteiger partial charge in [-0.05, 0) is 65.3 Å². The Morgan fingerprint density at radius 3 is 2.56 bits per heavy atom. The van der Waals surface area contributed by atoms with E-state index >= 15 is 0 Å². The topological polar surface area (TPSA) is 46.9 Å². The molecular weight excluding hydrogens is 439 g/mol. The molecule has 1 N–H and O–H groups in total. The molecule has 5 rings (SSSR count). The summed E-state index contributed by atoms with van der Waals surface area (Å²) in [5.41, 5.74) is 0.989. The first-order chi connectivity index (χ1) is 16.0. The highest BCUT2D eigenvalue weighted by molar-refractivity contribution is 5.93. The van der Waals surface area contributed by atoms with Crippen molar-refractivity contribution in [3.8, 4) is 16.8 Å². The normalized spacial score (nSPS) is 25.5. The van der Waals surface area contributed by atoms with Gasteiger partial charge >= 0.3 is 6.18 Å². The molecule has 34 heavy (non-hydrogen) atoms. The SMILES string of the molecule is CC1(C)C2CCC1(C)C(NC(=O)c1cncn1-c1cccc(-c3ccccc3C(F)(F)F)c1)C2. The van der Waals surface area contributed by atoms with Gasteiger partial charge in [0.2, 0.25) is 0 Å². The minimum absolute atomic E-state index is 0.0411. The Morgan fingerprint density at radius 1 is 1.12 bits per heavy atom. The van der Waals surface area contributed by atoms with E-state index in [2.05, 4.69) is 31.1 Å². The van der Waals surface area contributed by atoms with Crippen LogP contribution in [0.4, 0.5) is 13.2 Å². The van der Waals surface area contributed by atoms with E-state index in [-0.39, 0.29) is 28.3 Å². The van der Waals surface area contributed by atoms with Gasteiger partial charge in [-0.25, -0.2) is 4.98 Å². The zero-order chi connectivity index (χ0) is 24.3. The predicted octanol–water partition coefficient (Wildman–Crippen LogP) is 6.50. The summed E-state index contributed by atoms with van der Waals surface area (Å²) in [4.78, 5) is 17.5. The molecule has 1 amide bonds. The van der Waals surface area contributed by atoms with Gasteiger partial charge in [0.1, 0.15) is 5.69 Å². The van der Waals surface area contributed by atoms with E-state index in [1.807, 2.05) is 0 Å². The Hall–Kier alpha value is -3.09. The van der Waals surface area contributed by atoms with Crippen LogP contribution >= 0.6 is 0 Å². The maximum atomic E-state index is 13.6. The Bertz CT molecular complexity index is 1250. The molecule has 0 spiro atoms. The molecule has 2 aromatic carbocycles. The average molecular weight is 468 g/mol. The van der Waals surface area contributed by atoms with Crippen LogP contribution in [-0.2, 0) is 6.18 Å². The van der Waals surface area contributed by atoms with Crippen molar-refractivity contribution in [2.45, 2.75) is 52.3 Å². The summed E-state index contributed by atoms with van der Waals surface area (Å²) in [6.45, 7) is 6.86. The second kappa shape index (κ2) is 7.72. The molecule has 0 radical (unpaired) electrons. The van der Waals surface area contributed by atoms with Crippen LogP contribution in [0.15, 0.2) is 61.1 Å². The van der Waals surface area contributed by atoms with Gasteiger partial charge in [0.05, 0.1) is 18.1 Å². The zero-order valence-corrected chi connectivity index (χ0v) is 19.5. The van der Waals surface area contributed by atoms with Crippen LogP contribution < -0.4 is 5.32 Å². The summed E-state index contributed by atoms with van der Waals surface area (Å²) < 4.78 is 42.3. The van der Waals surface area contributed by atoms with E-state index in [1.165, 1.54) is 31.1 Å². The third-order valence-corrected chi connectivity index (χ3v) is 8.64. The Morgan fingerprint density at radius 2 is 1.88 bits per heavy atom. The summed E-state index contributed by atoms with van der Waals surface area (Å²) in [7, 11) is 0. The quantitative estimate of drug-likeness (QED) is 0.476. The summed E-state index contributed by atoms with van der Waals surface area (Å²) in [5.74, 6) is 0.381. The van der Waals surface area contributed by atoms with Gasteiger partial charge in [-0.2, -0.15) is 13.2 Å². The van der Waals surface area contributed by atoms with Crippen LogP contribution in [0.5, 0.6) is 0 Å². The molecule has 1 heterocycles. The van der Waals surface area contributed by atoms with Gasteiger partial charge in [-0.3, -0.25) is 9.36 Å². The monoisotopic (exact) mass is 467 g/mol. The van der Waals surface area contributed by atoms with Crippen molar-refractivity contribution in [3.05, 3.63) is 72.3 Å². The number of alkyl halides is 3. The van der Waals surface area contributed by atoms with E-state index in [4.69, 9.17) is 0 Å². The van der Waals surface area contributed by atoms with Crippen LogP contribution in [0, 0.1) is 16.7 Å². The second-order valence-electron chi connectivity index (χ2n) is 10.4. The van der Waals surface area contributed by atoms with Crippen molar-refractivity contribution >= 4 is 5.91 Å². The first kappa shape index (κ1) is 22.7. The molecule has 2 fully saturated rings. The maximum Gasteiger partial charge on any atom is 0.417 e. The van der Waals surface area contributed by atoms with Gasteiger partial charge in [-0.1, -0.05) is 51.1 Å². The van der Waals surface area contributed by atoms with E-state index < -0.39 is 11.7 Å². The van der Waals surface area contributed by atoms with Crippen molar-refractivity contribution in [1.29, 1.82) is 0 Å². The number of fused-ring (bicyclic) bond motifs is 2. The van der Waals surface area contributed by atoms with Gasteiger partial charge in [0.25, 0.3) is 5.91 Å². The number of benzene rings is 2. The first-order valence-electron chi connectivity index (χ1n) is 11.6. The molecule has 1 aromatic heterocycles. The van der Waals surface area contributed by atoms with Crippen LogP contribution in [0.3, 0.4) is 0 Å². The lowest BCUT2D eigenvalue weighted by Gasteiger charge is -2.39. The fourth-order valence-electron chi connectivity index (χ4n) is 6.13. The van der Waals surface area contributed by atoms with Gasteiger partial charge in [0.15, 0.2) is 0 Å². The van der Waals surface area contributed by atoms with Crippen molar-refractivity contribution in [2.75, 3.05) is 0 Å². The number of carbonyl (C=O) groups is 1. The molecule has 3 unspecified atom stereocenters. The molecular formula is C27H28F3N3O. The smallest absolute Gasteiger partial charge is 0.347 e. The fourth-order valence-corrected chi connectivity index (χ4v) is 6.13. The number of rotatable bonds is 4. The molecule has 2 saturated carbocycles. The van der Waals surface area contributed by atoms with Crippen molar-refractivity contribution < 1.29 is 18.0 Å². The van der Waals surface area contributed by atoms with Gasteiger partial charge < -0.3 is 5.32 Å². The minimum atomic E-state index is -4.46. The number of hydrogen-bond donors (Lipinski definition) is 1. The number of aromatic nitrogens is 2. The highest BCUT2D eigenvalue weighted by atomic mass is 19.4. The third kappa shape index (κ3) is 3.44. The highest BCUT2D eigenvalue weighted by Gasteiger charge is 2.61. The predicted molar refractivity (Wildman–Crippen MR) is 124 cm³/mol. The molecule has 0 aliphatic heterocycles. The molecule has 4 nitrogen and oxygen atoms in total. The van der Waals surface area contributed by atoms with Crippen molar-refractivity contribution in [3.63, 3.8) is 0 Å². The molecule has 178 valence electrons. The summed E-state index contributed by atoms with van der Waals surface area (Å²) in [6, 6.07) is 12.3. The van der Waals surface area contributed by atoms with Crippen LogP contribution in [0.1, 0.15) is 56.1 Å². The Balaban J connectivity index is 1.45. The second-order valence-corrected chi connectivity index (χ2v) is 10.4. The fraction of sp³-hybridized carbons (Fsp3) is 0.407. The number of hydrogen-bond acceptors (Lipinski definition) is 2. The lowest BCUT2D eigenvalue weighted by molar-refractivity contribution is -0.137. The molecule has 3 aromatic rings. The standard InChI is InChI=1S/C27H28F3N3O/c1-25(2)18-11-12-26(25,3)23(14-18)32-24(34)22-15-31-16-33(22)19-8-6-7-17(13-19)20-9-4-5-10-21(20)27(28,29)30/h4-10,13,15-16,18,23H,11-12,14H2,1-3H3,(H,32,34). The largest absolute Gasteiger partial charge is 0.417 e. The number of imidazole rings is 1. The molecule has 3 atom stereocenters. The van der Waals surface area contributed by atoms with E-state index in [9.17, 15) is 18.0 Å². The van der Waals surface area contributed by atoms with Crippen LogP contribution in [0.25, 0.3) is 16.8 Å². The molecule has 2 aliphatic rings. The number of nitrogens with zero attached hydrogens (tertiary/aromatic N) is 2.